The summed E-state index contributed by atoms with van der Waals surface area (Å²) in [5.41, 5.74) is -1.45. The van der Waals surface area contributed by atoms with Crippen LogP contribution in [0.15, 0.2) is 46.2 Å². The van der Waals surface area contributed by atoms with E-state index in [9.17, 15) is 31.9 Å². The van der Waals surface area contributed by atoms with Crippen LogP contribution in [0, 0.1) is 0 Å². The number of Topliss-reactive ketones (excluding diaryl/α,β-unsaturated/α-hetero) is 1. The van der Waals surface area contributed by atoms with E-state index in [1.807, 2.05) is 0 Å². The fourth-order valence-electron chi connectivity index (χ4n) is 5.61. The number of hydrogen-bond donors (Lipinski definition) is 2. The monoisotopic (exact) mass is 591 g/mol. The average Bonchev–Trinajstić information content (AvgIpc) is 3.27. The second kappa shape index (κ2) is 11.1. The summed E-state index contributed by atoms with van der Waals surface area (Å²) in [6.07, 6.45) is 3.84. The van der Waals surface area contributed by atoms with Crippen LogP contribution in [0.1, 0.15) is 62.4 Å². The molecule has 1 aliphatic heterocycles. The van der Waals surface area contributed by atoms with E-state index in [1.165, 1.54) is 52.3 Å². The fraction of sp³-hybridized carbons (Fsp3) is 0.481. The molecule has 1 saturated carbocycles. The van der Waals surface area contributed by atoms with Crippen LogP contribution in [0.25, 0.3) is 11.0 Å². The number of rotatable bonds is 8. The highest BCUT2D eigenvalue weighted by Gasteiger charge is 2.40. The van der Waals surface area contributed by atoms with Crippen molar-refractivity contribution in [2.75, 3.05) is 18.4 Å². The number of ketones is 1. The van der Waals surface area contributed by atoms with Crippen molar-refractivity contribution in [3.8, 4) is 5.75 Å². The lowest BCUT2D eigenvalue weighted by atomic mass is 10.00. The Morgan fingerprint density at radius 2 is 1.88 bits per heavy atom. The van der Waals surface area contributed by atoms with E-state index in [-0.39, 0.29) is 41.4 Å². The number of benzene rings is 1. The molecule has 3 heterocycles. The number of fused-ring (bicyclic) bond motifs is 1. The zero-order valence-corrected chi connectivity index (χ0v) is 23.4. The molecule has 5 rings (SSSR count). The van der Waals surface area contributed by atoms with Crippen molar-refractivity contribution in [3.63, 3.8) is 0 Å². The Morgan fingerprint density at radius 3 is 2.46 bits per heavy atom. The number of aromatic nitrogens is 3. The van der Waals surface area contributed by atoms with Gasteiger partial charge in [-0.3, -0.25) is 14.2 Å². The summed E-state index contributed by atoms with van der Waals surface area (Å²) in [5.74, 6) is -0.514. The topological polar surface area (TPSA) is 144 Å². The minimum atomic E-state index is -3.74. The molecule has 41 heavy (non-hydrogen) atoms. The summed E-state index contributed by atoms with van der Waals surface area (Å²) in [6.45, 7) is 0.299. The highest BCUT2D eigenvalue weighted by molar-refractivity contribution is 7.89. The number of anilines is 1. The highest BCUT2D eigenvalue weighted by atomic mass is 32.2. The number of carbonyl (C=O) groups is 1. The molecule has 220 valence electrons. The smallest absolute Gasteiger partial charge is 0.387 e. The van der Waals surface area contributed by atoms with E-state index in [0.717, 1.165) is 0 Å². The number of carbonyl (C=O) groups excluding carboxylic acids is 1. The first-order valence-corrected chi connectivity index (χ1v) is 14.8. The van der Waals surface area contributed by atoms with E-state index in [4.69, 9.17) is 0 Å². The van der Waals surface area contributed by atoms with Crippen LogP contribution in [0.3, 0.4) is 0 Å². The van der Waals surface area contributed by atoms with Gasteiger partial charge in [0.1, 0.15) is 5.65 Å². The van der Waals surface area contributed by atoms with Crippen molar-refractivity contribution in [2.24, 2.45) is 0 Å². The Balaban J connectivity index is 1.36. The van der Waals surface area contributed by atoms with Gasteiger partial charge in [-0.1, -0.05) is 12.1 Å². The van der Waals surface area contributed by atoms with Crippen LogP contribution in [0.5, 0.6) is 5.75 Å². The van der Waals surface area contributed by atoms with Crippen molar-refractivity contribution in [3.05, 3.63) is 52.4 Å². The van der Waals surface area contributed by atoms with Crippen molar-refractivity contribution in [1.29, 1.82) is 0 Å². The van der Waals surface area contributed by atoms with Crippen LogP contribution in [0.2, 0.25) is 0 Å². The van der Waals surface area contributed by atoms with Gasteiger partial charge in [0.15, 0.2) is 11.5 Å². The lowest BCUT2D eigenvalue weighted by molar-refractivity contribution is -0.0513. The maximum atomic E-state index is 13.2. The van der Waals surface area contributed by atoms with E-state index in [1.54, 1.807) is 6.92 Å². The molecule has 11 nitrogen and oxygen atoms in total. The Hall–Kier alpha value is -3.49. The first-order chi connectivity index (χ1) is 19.4. The number of sulfonamides is 1. The number of piperidine rings is 1. The van der Waals surface area contributed by atoms with Gasteiger partial charge in [0.25, 0.3) is 5.56 Å². The lowest BCUT2D eigenvalue weighted by Crippen LogP contribution is -2.42. The molecule has 3 aromatic rings. The molecule has 2 fully saturated rings. The van der Waals surface area contributed by atoms with Crippen LogP contribution in [-0.2, 0) is 10.0 Å². The van der Waals surface area contributed by atoms with E-state index >= 15 is 0 Å². The first-order valence-electron chi connectivity index (χ1n) is 13.3. The van der Waals surface area contributed by atoms with Crippen molar-refractivity contribution < 1.29 is 31.8 Å². The number of aliphatic hydroxyl groups is 1. The van der Waals surface area contributed by atoms with Crippen LogP contribution in [-0.4, -0.2) is 69.5 Å². The third-order valence-corrected chi connectivity index (χ3v) is 9.75. The number of nitrogens with one attached hydrogen (secondary N) is 1. The summed E-state index contributed by atoms with van der Waals surface area (Å²) >= 11 is 0. The maximum absolute atomic E-state index is 13.2. The Morgan fingerprint density at radius 1 is 1.20 bits per heavy atom. The van der Waals surface area contributed by atoms with Gasteiger partial charge < -0.3 is 15.2 Å². The number of ether oxygens (including phenoxy) is 1. The van der Waals surface area contributed by atoms with Gasteiger partial charge >= 0.3 is 6.61 Å². The molecule has 2 aliphatic rings. The summed E-state index contributed by atoms with van der Waals surface area (Å²) in [5, 5.41) is 14.4. The number of pyridine rings is 1. The molecule has 0 spiro atoms. The lowest BCUT2D eigenvalue weighted by Gasteiger charge is -2.32. The van der Waals surface area contributed by atoms with Crippen LogP contribution in [0.4, 0.5) is 14.7 Å². The molecule has 0 radical (unpaired) electrons. The highest BCUT2D eigenvalue weighted by Crippen LogP contribution is 2.40. The second-order valence-corrected chi connectivity index (χ2v) is 12.6. The zero-order chi connectivity index (χ0) is 29.5. The van der Waals surface area contributed by atoms with E-state index in [0.29, 0.717) is 43.1 Å². The number of alkyl halides is 2. The quantitative estimate of drug-likeness (QED) is 0.377. The predicted molar refractivity (Wildman–Crippen MR) is 146 cm³/mol. The molecule has 14 heteroatoms. The van der Waals surface area contributed by atoms with Gasteiger partial charge in [0.2, 0.25) is 16.0 Å². The van der Waals surface area contributed by atoms with Gasteiger partial charge in [0.05, 0.1) is 16.5 Å². The molecular formula is C27H31F2N5O6S. The number of hydrogen-bond acceptors (Lipinski definition) is 9. The van der Waals surface area contributed by atoms with Crippen molar-refractivity contribution in [2.45, 2.75) is 75.1 Å². The summed E-state index contributed by atoms with van der Waals surface area (Å²) in [7, 11) is -3.74. The molecule has 2 atom stereocenters. The fourth-order valence-corrected chi connectivity index (χ4v) is 7.08. The third-order valence-electron chi connectivity index (χ3n) is 7.83. The summed E-state index contributed by atoms with van der Waals surface area (Å²) in [6, 6.07) is 6.15. The van der Waals surface area contributed by atoms with E-state index < -0.39 is 39.6 Å². The van der Waals surface area contributed by atoms with Gasteiger partial charge in [-0.05, 0) is 64.2 Å². The normalized spacial score (nSPS) is 22.3. The molecule has 1 aromatic carbocycles. The maximum Gasteiger partial charge on any atom is 0.387 e. The minimum Gasteiger partial charge on any atom is -0.429 e. The zero-order valence-electron chi connectivity index (χ0n) is 22.6. The third kappa shape index (κ3) is 5.81. The Kier molecular flexibility index (Phi) is 7.83. The molecule has 0 unspecified atom stereocenters. The standard InChI is InChI=1S/C27H31F2N5O6S/c1-16(35)17-5-7-20(8-6-17)41(38,39)33-12-9-19(10-13-33)31-26-30-15-18-14-21(40-25(28)29)24(36)34(23(18)32-26)22-4-3-11-27(22,2)37/h5-8,14-15,19,22,25,37H,3-4,9-13H2,1-2H3,(H,30,31,32)/t22-,27-/m1/s1. The van der Waals surface area contributed by atoms with Crippen LogP contribution < -0.4 is 15.6 Å². The van der Waals surface area contributed by atoms with E-state index in [2.05, 4.69) is 20.0 Å². The first kappa shape index (κ1) is 29.0. The van der Waals surface area contributed by atoms with Crippen molar-refractivity contribution >= 4 is 32.8 Å². The van der Waals surface area contributed by atoms with Gasteiger partial charge in [-0.15, -0.1) is 0 Å². The average molecular weight is 592 g/mol. The molecule has 2 N–H and O–H groups in total. The molecule has 0 amide bonds. The SMILES string of the molecule is CC(=O)c1ccc(S(=O)(=O)N2CCC(Nc3ncc4cc(OC(F)F)c(=O)n([C@@H]5CCC[C@@]5(C)O)c4n3)CC2)cc1. The Bertz CT molecular complexity index is 1620. The van der Waals surface area contributed by atoms with Gasteiger partial charge in [-0.2, -0.15) is 18.1 Å². The van der Waals surface area contributed by atoms with Crippen molar-refractivity contribution in [1.82, 2.24) is 18.8 Å². The van der Waals surface area contributed by atoms with Gasteiger partial charge in [0, 0.05) is 36.3 Å². The molecule has 2 aromatic heterocycles. The minimum absolute atomic E-state index is 0.114. The summed E-state index contributed by atoms with van der Waals surface area (Å²) < 4.78 is 59.3. The molecular weight excluding hydrogens is 560 g/mol. The second-order valence-electron chi connectivity index (χ2n) is 10.7. The van der Waals surface area contributed by atoms with Gasteiger partial charge in [-0.25, -0.2) is 13.4 Å². The molecule has 1 saturated heterocycles. The number of halogens is 2. The Labute approximate surface area is 235 Å². The summed E-state index contributed by atoms with van der Waals surface area (Å²) in [4.78, 5) is 33.7. The molecule has 1 aliphatic carbocycles. The predicted octanol–water partition coefficient (Wildman–Crippen LogP) is 3.34. The van der Waals surface area contributed by atoms with Crippen LogP contribution >= 0.6 is 0 Å². The molecule has 0 bridgehead atoms. The largest absolute Gasteiger partial charge is 0.429 e. The number of nitrogens with zero attached hydrogens (tertiary/aromatic N) is 4.